The lowest BCUT2D eigenvalue weighted by Gasteiger charge is -2.18. The summed E-state index contributed by atoms with van der Waals surface area (Å²) in [5, 5.41) is 0. The number of unbranched alkanes of at least 4 members (excludes halogenated alkanes) is 38. The van der Waals surface area contributed by atoms with Crippen molar-refractivity contribution >= 4 is 17.9 Å². The van der Waals surface area contributed by atoms with Gasteiger partial charge in [-0.25, -0.2) is 0 Å². The normalized spacial score (nSPS) is 12.3. The molecule has 71 heavy (non-hydrogen) atoms. The average Bonchev–Trinajstić information content (AvgIpc) is 3.37. The lowest BCUT2D eigenvalue weighted by Crippen LogP contribution is -2.30. The summed E-state index contributed by atoms with van der Waals surface area (Å²) in [6.45, 7) is 6.49. The third-order valence-electron chi connectivity index (χ3n) is 13.8. The molecule has 0 aliphatic carbocycles. The Bertz CT molecular complexity index is 1230. The molecule has 0 amide bonds. The summed E-state index contributed by atoms with van der Waals surface area (Å²) in [5.41, 5.74) is 0. The number of esters is 3. The van der Waals surface area contributed by atoms with E-state index in [1.54, 1.807) is 0 Å². The van der Waals surface area contributed by atoms with E-state index in [2.05, 4.69) is 69.4 Å². The molecule has 1 unspecified atom stereocenters. The maximum Gasteiger partial charge on any atom is 0.306 e. The van der Waals surface area contributed by atoms with Crippen LogP contribution < -0.4 is 0 Å². The first-order valence-electron chi connectivity index (χ1n) is 31.1. The maximum atomic E-state index is 12.8. The summed E-state index contributed by atoms with van der Waals surface area (Å²) >= 11 is 0. The molecule has 0 N–H and O–H groups in total. The molecule has 0 aliphatic heterocycles. The summed E-state index contributed by atoms with van der Waals surface area (Å²) in [5.74, 6) is -0.906. The van der Waals surface area contributed by atoms with Crippen molar-refractivity contribution in [1.82, 2.24) is 0 Å². The van der Waals surface area contributed by atoms with Gasteiger partial charge in [0.1, 0.15) is 13.2 Å². The minimum atomic E-state index is -0.783. The van der Waals surface area contributed by atoms with Crippen LogP contribution in [-0.2, 0) is 28.6 Å². The van der Waals surface area contributed by atoms with Crippen molar-refractivity contribution in [2.24, 2.45) is 0 Å². The highest BCUT2D eigenvalue weighted by Gasteiger charge is 2.19. The van der Waals surface area contributed by atoms with E-state index < -0.39 is 6.10 Å². The van der Waals surface area contributed by atoms with Crippen LogP contribution in [0, 0.1) is 0 Å². The van der Waals surface area contributed by atoms with Crippen molar-refractivity contribution in [3.63, 3.8) is 0 Å². The molecule has 0 fully saturated rings. The Hall–Kier alpha value is -2.63. The van der Waals surface area contributed by atoms with Crippen LogP contribution in [-0.4, -0.2) is 37.2 Å². The minimum absolute atomic E-state index is 0.0816. The average molecular weight is 996 g/mol. The van der Waals surface area contributed by atoms with E-state index in [0.717, 1.165) is 83.5 Å². The monoisotopic (exact) mass is 995 g/mol. The molecule has 0 aromatic heterocycles. The molecule has 0 aromatic carbocycles. The lowest BCUT2D eigenvalue weighted by molar-refractivity contribution is -0.167. The summed E-state index contributed by atoms with van der Waals surface area (Å²) < 4.78 is 16.7. The van der Waals surface area contributed by atoms with Gasteiger partial charge in [-0.05, 0) is 77.0 Å². The van der Waals surface area contributed by atoms with E-state index in [4.69, 9.17) is 14.2 Å². The molecule has 0 bridgehead atoms. The Labute approximate surface area is 441 Å². The molecule has 0 saturated carbocycles. The molecule has 0 aliphatic rings. The van der Waals surface area contributed by atoms with Gasteiger partial charge in [-0.15, -0.1) is 0 Å². The number of ether oxygens (including phenoxy) is 3. The van der Waals surface area contributed by atoms with Crippen molar-refractivity contribution in [2.75, 3.05) is 13.2 Å². The van der Waals surface area contributed by atoms with Gasteiger partial charge in [0.05, 0.1) is 0 Å². The van der Waals surface area contributed by atoms with Crippen LogP contribution in [0.1, 0.15) is 329 Å². The number of carbonyl (C=O) groups excluding carboxylic acids is 3. The second kappa shape index (κ2) is 59.9. The minimum Gasteiger partial charge on any atom is -0.462 e. The van der Waals surface area contributed by atoms with Gasteiger partial charge in [0.25, 0.3) is 0 Å². The summed E-state index contributed by atoms with van der Waals surface area (Å²) in [6, 6.07) is 0. The molecular formula is C65H118O6. The Morgan fingerprint density at radius 2 is 0.549 bits per heavy atom. The Morgan fingerprint density at radius 3 is 0.887 bits per heavy atom. The fourth-order valence-electron chi connectivity index (χ4n) is 9.16. The van der Waals surface area contributed by atoms with E-state index in [1.807, 2.05) is 0 Å². The van der Waals surface area contributed by atoms with Gasteiger partial charge < -0.3 is 14.2 Å². The summed E-state index contributed by atoms with van der Waals surface area (Å²) in [7, 11) is 0. The molecule has 6 nitrogen and oxygen atoms in total. The van der Waals surface area contributed by atoms with Crippen molar-refractivity contribution in [1.29, 1.82) is 0 Å². The Balaban J connectivity index is 3.94. The molecule has 1 atom stereocenters. The number of carbonyl (C=O) groups is 3. The van der Waals surface area contributed by atoms with Crippen LogP contribution in [0.15, 0.2) is 48.6 Å². The molecule has 0 heterocycles. The van der Waals surface area contributed by atoms with Crippen LogP contribution in [0.2, 0.25) is 0 Å². The van der Waals surface area contributed by atoms with E-state index in [9.17, 15) is 14.4 Å². The Kier molecular flexibility index (Phi) is 57.7. The van der Waals surface area contributed by atoms with E-state index in [-0.39, 0.29) is 31.1 Å². The highest BCUT2D eigenvalue weighted by Crippen LogP contribution is 2.17. The van der Waals surface area contributed by atoms with Crippen LogP contribution >= 0.6 is 0 Å². The predicted molar refractivity (Wildman–Crippen MR) is 307 cm³/mol. The van der Waals surface area contributed by atoms with Gasteiger partial charge in [-0.2, -0.15) is 0 Å². The van der Waals surface area contributed by atoms with Crippen LogP contribution in [0.4, 0.5) is 0 Å². The first-order chi connectivity index (χ1) is 35.0. The molecular weight excluding hydrogens is 877 g/mol. The second-order valence-electron chi connectivity index (χ2n) is 20.9. The number of rotatable bonds is 57. The summed E-state index contributed by atoms with van der Waals surface area (Å²) in [4.78, 5) is 37.9. The zero-order valence-electron chi connectivity index (χ0n) is 47.5. The Morgan fingerprint density at radius 1 is 0.296 bits per heavy atom. The topological polar surface area (TPSA) is 78.9 Å². The lowest BCUT2D eigenvalue weighted by atomic mass is 10.0. The number of hydrogen-bond acceptors (Lipinski definition) is 6. The first kappa shape index (κ1) is 68.4. The van der Waals surface area contributed by atoms with Crippen LogP contribution in [0.5, 0.6) is 0 Å². The standard InChI is InChI=1S/C65H118O6/c1-4-7-10-13-16-18-20-22-23-24-25-26-27-28-29-30-31-32-33-34-35-36-37-38-39-40-41-43-44-46-49-52-55-58-64(67)70-61-62(60-69-63(66)57-54-51-48-15-12-9-6-3)71-65(68)59-56-53-50-47-45-42-21-19-17-14-11-8-5-2/h8,11,17,19,24-25,42,45,62H,4-7,9-10,12-16,18,20-23,26-41,43-44,46-61H2,1-3H3/b11-8-,19-17-,25-24-,45-42-. The molecule has 0 saturated heterocycles. The van der Waals surface area contributed by atoms with E-state index in [1.165, 1.54) is 205 Å². The molecule has 0 rings (SSSR count). The zero-order chi connectivity index (χ0) is 51.4. The highest BCUT2D eigenvalue weighted by molar-refractivity contribution is 5.71. The van der Waals surface area contributed by atoms with Crippen molar-refractivity contribution < 1.29 is 28.6 Å². The van der Waals surface area contributed by atoms with Gasteiger partial charge in [-0.1, -0.05) is 281 Å². The van der Waals surface area contributed by atoms with E-state index >= 15 is 0 Å². The summed E-state index contributed by atoms with van der Waals surface area (Å²) in [6.07, 6.45) is 74.6. The smallest absolute Gasteiger partial charge is 0.306 e. The second-order valence-corrected chi connectivity index (χ2v) is 20.9. The molecule has 6 heteroatoms. The number of allylic oxidation sites excluding steroid dienone is 8. The maximum absolute atomic E-state index is 12.8. The fourth-order valence-corrected chi connectivity index (χ4v) is 9.16. The predicted octanol–water partition coefficient (Wildman–Crippen LogP) is 21.0. The van der Waals surface area contributed by atoms with Gasteiger partial charge in [-0.3, -0.25) is 14.4 Å². The van der Waals surface area contributed by atoms with Gasteiger partial charge >= 0.3 is 17.9 Å². The first-order valence-corrected chi connectivity index (χ1v) is 31.1. The van der Waals surface area contributed by atoms with Crippen LogP contribution in [0.3, 0.4) is 0 Å². The SMILES string of the molecule is CC/C=C\C/C=C\C/C=C\CCCCCC(=O)OC(COC(=O)CCCCCCCCC)COC(=O)CCCCCCCCCCCCCCCCCCCCCCC/C=C\CCCCCCCCCC. The van der Waals surface area contributed by atoms with Gasteiger partial charge in [0.15, 0.2) is 6.10 Å². The molecule has 0 radical (unpaired) electrons. The van der Waals surface area contributed by atoms with Crippen LogP contribution in [0.25, 0.3) is 0 Å². The third-order valence-corrected chi connectivity index (χ3v) is 13.8. The molecule has 0 spiro atoms. The zero-order valence-corrected chi connectivity index (χ0v) is 47.5. The third kappa shape index (κ3) is 58.1. The van der Waals surface area contributed by atoms with Crippen molar-refractivity contribution in [2.45, 2.75) is 335 Å². The highest BCUT2D eigenvalue weighted by atomic mass is 16.6. The van der Waals surface area contributed by atoms with Crippen molar-refractivity contribution in [3.05, 3.63) is 48.6 Å². The number of hydrogen-bond donors (Lipinski definition) is 0. The van der Waals surface area contributed by atoms with E-state index in [0.29, 0.717) is 19.3 Å². The largest absolute Gasteiger partial charge is 0.462 e. The fraction of sp³-hybridized carbons (Fsp3) is 0.831. The van der Waals surface area contributed by atoms with Gasteiger partial charge in [0, 0.05) is 19.3 Å². The van der Waals surface area contributed by atoms with Gasteiger partial charge in [0.2, 0.25) is 0 Å². The van der Waals surface area contributed by atoms with Crippen molar-refractivity contribution in [3.8, 4) is 0 Å². The molecule has 0 aromatic rings. The quantitative estimate of drug-likeness (QED) is 0.0261. The molecule has 414 valence electrons.